The first-order valence-electron chi connectivity index (χ1n) is 7.93. The Balaban J connectivity index is 2.26. The molecular formula is C18H18INO6S. The third-order valence-electron chi connectivity index (χ3n) is 3.36. The van der Waals surface area contributed by atoms with E-state index in [4.69, 9.17) is 14.2 Å². The fraction of sp³-hybridized carbons (Fsp3) is 0.278. The van der Waals surface area contributed by atoms with E-state index >= 15 is 0 Å². The van der Waals surface area contributed by atoms with Crippen molar-refractivity contribution >= 4 is 57.5 Å². The SMILES string of the molecule is C=CCOc1c(I)cc(/C=C2\SC(=O)N(CC(=O)OCC)C2=O)cc1OC. The van der Waals surface area contributed by atoms with Gasteiger partial charge in [0.05, 0.1) is 22.2 Å². The van der Waals surface area contributed by atoms with Crippen LogP contribution in [-0.4, -0.2) is 48.9 Å². The molecule has 1 heterocycles. The number of methoxy groups -OCH3 is 1. The lowest BCUT2D eigenvalue weighted by molar-refractivity contribution is -0.145. The highest BCUT2D eigenvalue weighted by Crippen LogP contribution is 2.37. The Morgan fingerprint density at radius 2 is 2.11 bits per heavy atom. The third kappa shape index (κ3) is 5.25. The average Bonchev–Trinajstić information content (AvgIpc) is 2.88. The molecule has 9 heteroatoms. The number of carbonyl (C=O) groups excluding carboxylic acids is 3. The number of ether oxygens (including phenoxy) is 3. The summed E-state index contributed by atoms with van der Waals surface area (Å²) in [6.45, 7) is 5.39. The van der Waals surface area contributed by atoms with E-state index in [1.165, 1.54) is 7.11 Å². The number of imide groups is 1. The summed E-state index contributed by atoms with van der Waals surface area (Å²) < 4.78 is 16.5. The second-order valence-electron chi connectivity index (χ2n) is 5.21. The highest BCUT2D eigenvalue weighted by atomic mass is 127. The molecule has 27 heavy (non-hydrogen) atoms. The number of hydrogen-bond acceptors (Lipinski definition) is 7. The second kappa shape index (κ2) is 9.79. The molecule has 0 atom stereocenters. The second-order valence-corrected chi connectivity index (χ2v) is 7.36. The van der Waals surface area contributed by atoms with Crippen molar-refractivity contribution < 1.29 is 28.6 Å². The number of esters is 1. The minimum absolute atomic E-state index is 0.184. The third-order valence-corrected chi connectivity index (χ3v) is 5.07. The maximum absolute atomic E-state index is 12.4. The van der Waals surface area contributed by atoms with E-state index in [-0.39, 0.29) is 11.5 Å². The number of carbonyl (C=O) groups is 3. The number of rotatable bonds is 8. The molecule has 7 nitrogen and oxygen atoms in total. The highest BCUT2D eigenvalue weighted by molar-refractivity contribution is 14.1. The molecule has 1 saturated heterocycles. The molecule has 2 amide bonds. The maximum Gasteiger partial charge on any atom is 0.326 e. The first-order chi connectivity index (χ1) is 12.9. The molecule has 1 aromatic carbocycles. The molecule has 1 fully saturated rings. The van der Waals surface area contributed by atoms with Gasteiger partial charge in [-0.1, -0.05) is 12.7 Å². The predicted octanol–water partition coefficient (Wildman–Crippen LogP) is 3.46. The molecule has 1 aromatic rings. The highest BCUT2D eigenvalue weighted by Gasteiger charge is 2.36. The summed E-state index contributed by atoms with van der Waals surface area (Å²) in [5.41, 5.74) is 0.670. The zero-order chi connectivity index (χ0) is 20.0. The van der Waals surface area contributed by atoms with Gasteiger partial charge in [-0.15, -0.1) is 0 Å². The van der Waals surface area contributed by atoms with Gasteiger partial charge in [0.15, 0.2) is 11.5 Å². The van der Waals surface area contributed by atoms with Crippen LogP contribution in [0.4, 0.5) is 4.79 Å². The molecule has 0 bridgehead atoms. The minimum Gasteiger partial charge on any atom is -0.493 e. The van der Waals surface area contributed by atoms with Crippen molar-refractivity contribution in [2.75, 3.05) is 26.9 Å². The van der Waals surface area contributed by atoms with Crippen molar-refractivity contribution in [1.82, 2.24) is 4.90 Å². The van der Waals surface area contributed by atoms with E-state index in [2.05, 4.69) is 29.2 Å². The van der Waals surface area contributed by atoms with Crippen LogP contribution in [0.5, 0.6) is 11.5 Å². The minimum atomic E-state index is -0.624. The Bertz CT molecular complexity index is 807. The fourth-order valence-electron chi connectivity index (χ4n) is 2.23. The smallest absolute Gasteiger partial charge is 0.326 e. The summed E-state index contributed by atoms with van der Waals surface area (Å²) in [4.78, 5) is 37.2. The molecular weight excluding hydrogens is 485 g/mol. The topological polar surface area (TPSA) is 82.1 Å². The van der Waals surface area contributed by atoms with Gasteiger partial charge in [-0.3, -0.25) is 19.3 Å². The Hall–Kier alpha value is -2.01. The predicted molar refractivity (Wildman–Crippen MR) is 111 cm³/mol. The van der Waals surface area contributed by atoms with Crippen molar-refractivity contribution in [3.63, 3.8) is 0 Å². The molecule has 0 saturated carbocycles. The first-order valence-corrected chi connectivity index (χ1v) is 9.83. The van der Waals surface area contributed by atoms with Gasteiger partial charge < -0.3 is 14.2 Å². The van der Waals surface area contributed by atoms with E-state index in [9.17, 15) is 14.4 Å². The van der Waals surface area contributed by atoms with Crippen molar-refractivity contribution in [3.05, 3.63) is 38.8 Å². The molecule has 0 aromatic heterocycles. The van der Waals surface area contributed by atoms with Crippen LogP contribution in [0.3, 0.4) is 0 Å². The van der Waals surface area contributed by atoms with E-state index in [1.54, 1.807) is 31.2 Å². The van der Waals surface area contributed by atoms with Crippen molar-refractivity contribution in [3.8, 4) is 11.5 Å². The average molecular weight is 503 g/mol. The van der Waals surface area contributed by atoms with Gasteiger partial charge in [-0.25, -0.2) is 0 Å². The zero-order valence-corrected chi connectivity index (χ0v) is 17.8. The molecule has 0 N–H and O–H groups in total. The van der Waals surface area contributed by atoms with E-state index in [1.807, 2.05) is 0 Å². The van der Waals surface area contributed by atoms with Crippen LogP contribution in [0.1, 0.15) is 12.5 Å². The number of thioether (sulfide) groups is 1. The number of nitrogens with zero attached hydrogens (tertiary/aromatic N) is 1. The number of hydrogen-bond donors (Lipinski definition) is 0. The van der Waals surface area contributed by atoms with Crippen LogP contribution in [0.2, 0.25) is 0 Å². The molecule has 144 valence electrons. The van der Waals surface area contributed by atoms with E-state index in [0.29, 0.717) is 23.7 Å². The van der Waals surface area contributed by atoms with E-state index in [0.717, 1.165) is 20.2 Å². The Kier molecular flexibility index (Phi) is 7.72. The van der Waals surface area contributed by atoms with E-state index < -0.39 is 23.7 Å². The summed E-state index contributed by atoms with van der Waals surface area (Å²) in [5.74, 6) is -0.0775. The normalized spacial score (nSPS) is 15.2. The van der Waals surface area contributed by atoms with Crippen LogP contribution < -0.4 is 9.47 Å². The molecule has 0 aliphatic carbocycles. The molecule has 1 aliphatic rings. The number of benzene rings is 1. The van der Waals surface area contributed by atoms with Crippen LogP contribution in [0.15, 0.2) is 29.7 Å². The summed E-state index contributed by atoms with van der Waals surface area (Å²) in [5, 5.41) is -0.507. The Morgan fingerprint density at radius 3 is 2.74 bits per heavy atom. The molecule has 0 radical (unpaired) electrons. The van der Waals surface area contributed by atoms with Gasteiger partial charge in [0.1, 0.15) is 13.2 Å². The van der Waals surface area contributed by atoms with Gasteiger partial charge in [0.2, 0.25) is 0 Å². The van der Waals surface area contributed by atoms with Crippen LogP contribution in [-0.2, 0) is 14.3 Å². The van der Waals surface area contributed by atoms with Gasteiger partial charge >= 0.3 is 5.97 Å². The summed E-state index contributed by atoms with van der Waals surface area (Å²) in [6, 6.07) is 3.51. The first kappa shape index (κ1) is 21.3. The van der Waals surface area contributed by atoms with Gasteiger partial charge in [-0.05, 0) is 65.0 Å². The summed E-state index contributed by atoms with van der Waals surface area (Å²) in [6.07, 6.45) is 3.21. The number of amides is 2. The quantitative estimate of drug-likeness (QED) is 0.233. The van der Waals surface area contributed by atoms with Crippen LogP contribution in [0, 0.1) is 3.57 Å². The lowest BCUT2D eigenvalue weighted by Gasteiger charge is -2.12. The van der Waals surface area contributed by atoms with Crippen molar-refractivity contribution in [2.24, 2.45) is 0 Å². The molecule has 0 unspecified atom stereocenters. The van der Waals surface area contributed by atoms with Crippen LogP contribution >= 0.6 is 34.4 Å². The fourth-order valence-corrected chi connectivity index (χ4v) is 3.85. The molecule has 1 aliphatic heterocycles. The lowest BCUT2D eigenvalue weighted by Crippen LogP contribution is -2.34. The number of halogens is 1. The standard InChI is InChI=1S/C18H18INO6S/c1-4-6-26-16-12(19)7-11(8-13(16)24-3)9-14-17(22)20(18(23)27-14)10-15(21)25-5-2/h4,7-9H,1,5-6,10H2,2-3H3/b14-9-. The van der Waals surface area contributed by atoms with Crippen molar-refractivity contribution in [2.45, 2.75) is 6.92 Å². The Labute approximate surface area is 174 Å². The monoisotopic (exact) mass is 503 g/mol. The summed E-state index contributed by atoms with van der Waals surface area (Å²) in [7, 11) is 1.52. The molecule has 2 rings (SSSR count). The van der Waals surface area contributed by atoms with Gasteiger partial charge in [-0.2, -0.15) is 0 Å². The summed E-state index contributed by atoms with van der Waals surface area (Å²) >= 11 is 2.88. The van der Waals surface area contributed by atoms with Crippen LogP contribution in [0.25, 0.3) is 6.08 Å². The Morgan fingerprint density at radius 1 is 1.37 bits per heavy atom. The van der Waals surface area contributed by atoms with Crippen molar-refractivity contribution in [1.29, 1.82) is 0 Å². The largest absolute Gasteiger partial charge is 0.493 e. The van der Waals surface area contributed by atoms with Gasteiger partial charge in [0, 0.05) is 0 Å². The van der Waals surface area contributed by atoms with Gasteiger partial charge in [0.25, 0.3) is 11.1 Å². The zero-order valence-electron chi connectivity index (χ0n) is 14.8. The lowest BCUT2D eigenvalue weighted by atomic mass is 10.2. The maximum atomic E-state index is 12.4. The molecule has 0 spiro atoms.